The third-order valence-electron chi connectivity index (χ3n) is 5.75. The first-order valence-electron chi connectivity index (χ1n) is 11.2. The van der Waals surface area contributed by atoms with E-state index >= 15 is 0 Å². The first kappa shape index (κ1) is 27.3. The van der Waals surface area contributed by atoms with Crippen LogP contribution in [0.1, 0.15) is 43.0 Å². The van der Waals surface area contributed by atoms with Crippen molar-refractivity contribution in [3.63, 3.8) is 0 Å². The van der Waals surface area contributed by atoms with Gasteiger partial charge in [-0.15, -0.1) is 0 Å². The van der Waals surface area contributed by atoms with E-state index in [-0.39, 0.29) is 25.4 Å². The monoisotopic (exact) mass is 512 g/mol. The molecule has 2 amide bonds. The number of nitrogens with zero attached hydrogens (tertiary/aromatic N) is 2. The van der Waals surface area contributed by atoms with Crippen molar-refractivity contribution in [3.05, 3.63) is 58.4 Å². The maximum Gasteiger partial charge on any atom is 0.419 e. The highest BCUT2D eigenvalue weighted by molar-refractivity contribution is 5.94. The molecule has 1 heterocycles. The number of carbonyl (C=O) groups excluding carboxylic acids is 2. The van der Waals surface area contributed by atoms with Crippen LogP contribution in [0, 0.1) is 19.7 Å². The molecule has 0 bridgehead atoms. The third kappa shape index (κ3) is 5.56. The fraction of sp³-hybridized carbons (Fsp3) is 0.440. The Morgan fingerprint density at radius 3 is 2.28 bits per heavy atom. The largest absolute Gasteiger partial charge is 0.476 e. The zero-order valence-electron chi connectivity index (χ0n) is 20.6. The van der Waals surface area contributed by atoms with Crippen LogP contribution in [0.3, 0.4) is 0 Å². The minimum Gasteiger partial charge on any atom is -0.476 e. The van der Waals surface area contributed by atoms with Gasteiger partial charge in [0.2, 0.25) is 0 Å². The number of aliphatic hydroxyl groups is 1. The second-order valence-electron chi connectivity index (χ2n) is 9.06. The molecule has 0 spiro atoms. The number of alkyl halides is 3. The number of ether oxygens (including phenoxy) is 2. The summed E-state index contributed by atoms with van der Waals surface area (Å²) in [5.41, 5.74) is -0.737. The number of benzene rings is 2. The Hall–Kier alpha value is -3.34. The van der Waals surface area contributed by atoms with Gasteiger partial charge in [0.15, 0.2) is 5.60 Å². The molecule has 0 saturated carbocycles. The lowest BCUT2D eigenvalue weighted by Crippen LogP contribution is -2.40. The van der Waals surface area contributed by atoms with Crippen molar-refractivity contribution >= 4 is 17.7 Å². The van der Waals surface area contributed by atoms with Gasteiger partial charge in [0.1, 0.15) is 17.8 Å². The molecule has 11 heteroatoms. The average molecular weight is 513 g/mol. The topological polar surface area (TPSA) is 79.3 Å². The highest BCUT2D eigenvalue weighted by Crippen LogP contribution is 2.35. The van der Waals surface area contributed by atoms with Crippen molar-refractivity contribution in [2.75, 3.05) is 18.1 Å². The lowest BCUT2D eigenvalue weighted by molar-refractivity contribution is -0.158. The highest BCUT2D eigenvalue weighted by atomic mass is 19.4. The quantitative estimate of drug-likeness (QED) is 0.420. The number of aliphatic hydroxyl groups excluding tert-OH is 1. The molecule has 1 fully saturated rings. The molecular weight excluding hydrogens is 484 g/mol. The van der Waals surface area contributed by atoms with E-state index in [4.69, 9.17) is 9.47 Å². The summed E-state index contributed by atoms with van der Waals surface area (Å²) in [4.78, 5) is 27.3. The van der Waals surface area contributed by atoms with Crippen LogP contribution in [-0.4, -0.2) is 47.0 Å². The van der Waals surface area contributed by atoms with Gasteiger partial charge in [0.05, 0.1) is 25.3 Å². The van der Waals surface area contributed by atoms with E-state index in [1.807, 2.05) is 0 Å². The maximum atomic E-state index is 14.0. The third-order valence-corrected chi connectivity index (χ3v) is 5.75. The molecule has 0 aliphatic carbocycles. The lowest BCUT2D eigenvalue weighted by Gasteiger charge is -2.27. The van der Waals surface area contributed by atoms with Crippen LogP contribution in [0.4, 0.5) is 28.0 Å². The van der Waals surface area contributed by atoms with E-state index in [9.17, 15) is 32.3 Å². The smallest absolute Gasteiger partial charge is 0.419 e. The number of β-amino-alcohol motifs (C(OH)–C–C–N with tert-alkyl or cyclic N) is 1. The molecule has 1 atom stereocenters. The van der Waals surface area contributed by atoms with Gasteiger partial charge in [-0.1, -0.05) is 12.1 Å². The van der Waals surface area contributed by atoms with Gasteiger partial charge < -0.3 is 14.6 Å². The molecule has 196 valence electrons. The van der Waals surface area contributed by atoms with Crippen molar-refractivity contribution in [1.29, 1.82) is 0 Å². The molecule has 36 heavy (non-hydrogen) atoms. The molecule has 1 unspecified atom stereocenters. The molecule has 1 aliphatic heterocycles. The second-order valence-corrected chi connectivity index (χ2v) is 9.06. The number of hydrogen-bond donors (Lipinski definition) is 1. The predicted octanol–water partition coefficient (Wildman–Crippen LogP) is 4.94. The van der Waals surface area contributed by atoms with Crippen molar-refractivity contribution in [3.8, 4) is 5.75 Å². The molecule has 1 saturated heterocycles. The van der Waals surface area contributed by atoms with E-state index in [1.165, 1.54) is 0 Å². The number of aryl methyl sites for hydroxylation is 2. The molecule has 0 aromatic heterocycles. The Kier molecular flexibility index (Phi) is 7.54. The average Bonchev–Trinajstić information content (AvgIpc) is 3.04. The number of halogens is 4. The fourth-order valence-corrected chi connectivity index (χ4v) is 4.00. The molecule has 1 aliphatic rings. The van der Waals surface area contributed by atoms with Gasteiger partial charge in [-0.3, -0.25) is 9.80 Å². The van der Waals surface area contributed by atoms with Gasteiger partial charge in [-0.05, 0) is 69.5 Å². The van der Waals surface area contributed by atoms with Crippen molar-refractivity contribution < 1.29 is 41.7 Å². The predicted molar refractivity (Wildman–Crippen MR) is 123 cm³/mol. The van der Waals surface area contributed by atoms with Crippen LogP contribution in [0.2, 0.25) is 0 Å². The Morgan fingerprint density at radius 1 is 1.14 bits per heavy atom. The summed E-state index contributed by atoms with van der Waals surface area (Å²) in [5.74, 6) is -1.54. The number of hydrogen-bond acceptors (Lipinski definition) is 5. The normalized spacial score (nSPS) is 16.5. The molecule has 1 N–H and O–H groups in total. The van der Waals surface area contributed by atoms with Crippen LogP contribution in [0.15, 0.2) is 30.3 Å². The molecule has 0 radical (unpaired) electrons. The fourth-order valence-electron chi connectivity index (χ4n) is 4.00. The van der Waals surface area contributed by atoms with E-state index < -0.39 is 41.4 Å². The zero-order valence-corrected chi connectivity index (χ0v) is 20.6. The maximum absolute atomic E-state index is 14.0. The zero-order chi connectivity index (χ0) is 27.0. The molecule has 3 rings (SSSR count). The Balaban J connectivity index is 1.79. The first-order valence-corrected chi connectivity index (χ1v) is 11.2. The van der Waals surface area contributed by atoms with Crippen LogP contribution in [0.25, 0.3) is 0 Å². The van der Waals surface area contributed by atoms with Crippen LogP contribution in [-0.2, 0) is 22.3 Å². The molecule has 7 nitrogen and oxygen atoms in total. The number of esters is 1. The van der Waals surface area contributed by atoms with Gasteiger partial charge >= 0.3 is 18.2 Å². The first-order chi connectivity index (χ1) is 16.7. The summed E-state index contributed by atoms with van der Waals surface area (Å²) in [6.45, 7) is 8.39. The van der Waals surface area contributed by atoms with Crippen LogP contribution >= 0.6 is 0 Å². The SMILES string of the molecule is CCOC(=O)C(C)(C)Oc1c(C)cc(CN2C(=O)N(c3ccc(C(F)(F)F)c(F)c3)CC2O)cc1C. The number of carbonyl (C=O) groups is 2. The van der Waals surface area contributed by atoms with Gasteiger partial charge in [-0.25, -0.2) is 14.0 Å². The number of urea groups is 1. The van der Waals surface area contributed by atoms with E-state index in [0.717, 1.165) is 15.9 Å². The summed E-state index contributed by atoms with van der Waals surface area (Å²) in [5, 5.41) is 10.5. The van der Waals surface area contributed by atoms with Crippen molar-refractivity contribution in [2.45, 2.75) is 59.2 Å². The lowest BCUT2D eigenvalue weighted by atomic mass is 10.0. The van der Waals surface area contributed by atoms with Crippen molar-refractivity contribution in [1.82, 2.24) is 4.90 Å². The minimum absolute atomic E-state index is 0.0111. The van der Waals surface area contributed by atoms with Gasteiger partial charge in [0.25, 0.3) is 0 Å². The molecule has 2 aromatic carbocycles. The summed E-state index contributed by atoms with van der Waals surface area (Å²) in [6, 6.07) is 4.99. The highest BCUT2D eigenvalue weighted by Gasteiger charge is 2.39. The summed E-state index contributed by atoms with van der Waals surface area (Å²) in [7, 11) is 0. The summed E-state index contributed by atoms with van der Waals surface area (Å²) >= 11 is 0. The van der Waals surface area contributed by atoms with Gasteiger partial charge in [0, 0.05) is 5.69 Å². The van der Waals surface area contributed by atoms with Gasteiger partial charge in [-0.2, -0.15) is 13.2 Å². The number of rotatable bonds is 7. The van der Waals surface area contributed by atoms with Crippen molar-refractivity contribution in [2.24, 2.45) is 0 Å². The standard InChI is InChI=1S/C25H28F4N2O5/c1-6-35-22(33)24(4,5)36-21-14(2)9-16(10-15(21)3)12-31-20(32)13-30(23(31)34)17-7-8-18(19(26)11-17)25(27,28)29/h7-11,20,32H,6,12-13H2,1-5H3. The number of anilines is 1. The number of amides is 2. The summed E-state index contributed by atoms with van der Waals surface area (Å²) in [6.07, 6.45) is -6.12. The Bertz CT molecular complexity index is 1140. The summed E-state index contributed by atoms with van der Waals surface area (Å²) < 4.78 is 63.6. The molecule has 2 aromatic rings. The minimum atomic E-state index is -4.86. The van der Waals surface area contributed by atoms with Crippen LogP contribution < -0.4 is 9.64 Å². The Labute approximate surface area is 206 Å². The molecular formula is C25H28F4N2O5. The van der Waals surface area contributed by atoms with E-state index in [2.05, 4.69) is 0 Å². The Morgan fingerprint density at radius 2 is 1.75 bits per heavy atom. The van der Waals surface area contributed by atoms with E-state index in [1.54, 1.807) is 46.8 Å². The second kappa shape index (κ2) is 9.96. The van der Waals surface area contributed by atoms with E-state index in [0.29, 0.717) is 34.6 Å². The van der Waals surface area contributed by atoms with Crippen LogP contribution in [0.5, 0.6) is 5.75 Å².